The highest BCUT2D eigenvalue weighted by atomic mass is 16.5. The van der Waals surface area contributed by atoms with E-state index in [4.69, 9.17) is 4.52 Å². The van der Waals surface area contributed by atoms with Crippen LogP contribution in [0.3, 0.4) is 0 Å². The smallest absolute Gasteiger partial charge is 0.245 e. The summed E-state index contributed by atoms with van der Waals surface area (Å²) < 4.78 is 7.31. The predicted octanol–water partition coefficient (Wildman–Crippen LogP) is 3.87. The van der Waals surface area contributed by atoms with E-state index in [0.29, 0.717) is 24.3 Å². The van der Waals surface area contributed by atoms with Gasteiger partial charge in [0.05, 0.1) is 29.8 Å². The molecule has 1 N–H and O–H groups in total. The minimum absolute atomic E-state index is 0.333. The van der Waals surface area contributed by atoms with Crippen molar-refractivity contribution in [2.24, 2.45) is 0 Å². The summed E-state index contributed by atoms with van der Waals surface area (Å²) in [6.07, 6.45) is 4.21. The Hall–Kier alpha value is -2.63. The van der Waals surface area contributed by atoms with Gasteiger partial charge < -0.3 is 9.84 Å². The predicted molar refractivity (Wildman–Crippen MR) is 91.3 cm³/mol. The molecule has 0 spiro atoms. The van der Waals surface area contributed by atoms with E-state index in [2.05, 4.69) is 46.5 Å². The van der Waals surface area contributed by atoms with Crippen LogP contribution in [0.4, 0.5) is 5.69 Å². The Kier molecular flexibility index (Phi) is 3.80. The van der Waals surface area contributed by atoms with Crippen LogP contribution >= 0.6 is 0 Å². The van der Waals surface area contributed by atoms with E-state index in [1.807, 2.05) is 29.1 Å². The molecule has 1 aliphatic rings. The highest BCUT2D eigenvalue weighted by Crippen LogP contribution is 2.38. The van der Waals surface area contributed by atoms with Crippen LogP contribution in [0.5, 0.6) is 0 Å². The molecule has 2 heterocycles. The molecule has 0 saturated heterocycles. The molecule has 24 heavy (non-hydrogen) atoms. The number of rotatable bonds is 6. The van der Waals surface area contributed by atoms with Gasteiger partial charge in [0, 0.05) is 5.92 Å². The topological polar surface area (TPSA) is 68.8 Å². The second-order valence-electron chi connectivity index (χ2n) is 6.52. The van der Waals surface area contributed by atoms with Crippen LogP contribution < -0.4 is 5.32 Å². The number of para-hydroxylation sites is 1. The van der Waals surface area contributed by atoms with E-state index < -0.39 is 0 Å². The van der Waals surface area contributed by atoms with Gasteiger partial charge in [-0.15, -0.1) is 0 Å². The fourth-order valence-electron chi connectivity index (χ4n) is 2.84. The summed E-state index contributed by atoms with van der Waals surface area (Å²) in [7, 11) is 0. The molecule has 1 aromatic carbocycles. The molecule has 1 fully saturated rings. The minimum Gasteiger partial charge on any atom is -0.373 e. The molecule has 0 amide bonds. The fourth-order valence-corrected chi connectivity index (χ4v) is 2.84. The molecule has 4 rings (SSSR count). The van der Waals surface area contributed by atoms with Crippen LogP contribution in [0.2, 0.25) is 0 Å². The maximum atomic E-state index is 5.33. The first-order valence-electron chi connectivity index (χ1n) is 8.42. The van der Waals surface area contributed by atoms with Gasteiger partial charge in [-0.25, -0.2) is 4.68 Å². The molecule has 0 bridgehead atoms. The highest BCUT2D eigenvalue weighted by molar-refractivity contribution is 5.51. The first-order chi connectivity index (χ1) is 11.7. The van der Waals surface area contributed by atoms with E-state index in [1.165, 1.54) is 12.8 Å². The molecule has 124 valence electrons. The lowest BCUT2D eigenvalue weighted by Crippen LogP contribution is -2.07. The first-order valence-corrected chi connectivity index (χ1v) is 8.42. The zero-order valence-corrected chi connectivity index (χ0v) is 13.9. The maximum absolute atomic E-state index is 5.33. The quantitative estimate of drug-likeness (QED) is 0.746. The average Bonchev–Trinajstić information content (AvgIpc) is 3.18. The van der Waals surface area contributed by atoms with Crippen molar-refractivity contribution in [2.45, 2.75) is 45.1 Å². The number of aromatic nitrogens is 4. The Morgan fingerprint density at radius 3 is 2.75 bits per heavy atom. The van der Waals surface area contributed by atoms with Crippen LogP contribution in [0.15, 0.2) is 41.1 Å². The second kappa shape index (κ2) is 6.11. The van der Waals surface area contributed by atoms with Crippen LogP contribution in [-0.2, 0) is 6.54 Å². The number of benzene rings is 1. The van der Waals surface area contributed by atoms with Gasteiger partial charge in [0.1, 0.15) is 0 Å². The van der Waals surface area contributed by atoms with Crippen LogP contribution in [-0.4, -0.2) is 19.9 Å². The largest absolute Gasteiger partial charge is 0.373 e. The van der Waals surface area contributed by atoms with Crippen molar-refractivity contribution in [1.29, 1.82) is 0 Å². The normalized spacial score (nSPS) is 14.3. The number of anilines is 1. The molecule has 0 unspecified atom stereocenters. The van der Waals surface area contributed by atoms with Gasteiger partial charge in [0.25, 0.3) is 0 Å². The van der Waals surface area contributed by atoms with Crippen molar-refractivity contribution in [1.82, 2.24) is 19.9 Å². The average molecular weight is 323 g/mol. The van der Waals surface area contributed by atoms with Gasteiger partial charge >= 0.3 is 0 Å². The second-order valence-corrected chi connectivity index (χ2v) is 6.52. The number of nitrogens with zero attached hydrogens (tertiary/aromatic N) is 4. The lowest BCUT2D eigenvalue weighted by molar-refractivity contribution is 0.378. The van der Waals surface area contributed by atoms with Crippen molar-refractivity contribution in [3.05, 3.63) is 53.9 Å². The van der Waals surface area contributed by atoms with Gasteiger partial charge in [0.15, 0.2) is 5.82 Å². The molecule has 0 atom stereocenters. The SMILES string of the molecule is CC(C)c1c(NCc2nc(C3CC3)no2)cnn1-c1ccccc1. The summed E-state index contributed by atoms with van der Waals surface area (Å²) in [4.78, 5) is 4.46. The summed E-state index contributed by atoms with van der Waals surface area (Å²) in [5.74, 6) is 2.31. The monoisotopic (exact) mass is 323 g/mol. The van der Waals surface area contributed by atoms with Crippen LogP contribution in [0.1, 0.15) is 55.9 Å². The standard InChI is InChI=1S/C18H21N5O/c1-12(2)17-15(10-20-23(17)14-6-4-3-5-7-14)19-11-16-21-18(22-24-16)13-8-9-13/h3-7,10,12-13,19H,8-9,11H2,1-2H3. The van der Waals surface area contributed by atoms with Gasteiger partial charge in [-0.3, -0.25) is 0 Å². The third-order valence-electron chi connectivity index (χ3n) is 4.21. The van der Waals surface area contributed by atoms with Gasteiger partial charge in [-0.1, -0.05) is 37.2 Å². The third kappa shape index (κ3) is 2.91. The number of hydrogen-bond acceptors (Lipinski definition) is 5. The highest BCUT2D eigenvalue weighted by Gasteiger charge is 2.28. The van der Waals surface area contributed by atoms with Gasteiger partial charge in [-0.2, -0.15) is 10.1 Å². The summed E-state index contributed by atoms with van der Waals surface area (Å²) in [6, 6.07) is 10.2. The number of nitrogens with one attached hydrogen (secondary N) is 1. The van der Waals surface area contributed by atoms with Crippen LogP contribution in [0, 0.1) is 0 Å². The Morgan fingerprint density at radius 1 is 1.25 bits per heavy atom. The molecule has 1 aliphatic carbocycles. The van der Waals surface area contributed by atoms with Gasteiger partial charge in [-0.05, 0) is 30.9 Å². The zero-order valence-electron chi connectivity index (χ0n) is 13.9. The van der Waals surface area contributed by atoms with Crippen molar-refractivity contribution in [3.8, 4) is 5.69 Å². The Bertz CT molecular complexity index is 817. The Morgan fingerprint density at radius 2 is 2.04 bits per heavy atom. The molecular weight excluding hydrogens is 302 g/mol. The molecule has 6 heteroatoms. The lowest BCUT2D eigenvalue weighted by Gasteiger charge is -2.13. The maximum Gasteiger partial charge on any atom is 0.245 e. The van der Waals surface area contributed by atoms with E-state index in [-0.39, 0.29) is 0 Å². The zero-order chi connectivity index (χ0) is 16.5. The molecular formula is C18H21N5O. The molecule has 0 aliphatic heterocycles. The first kappa shape index (κ1) is 14.9. The Balaban J connectivity index is 1.55. The summed E-state index contributed by atoms with van der Waals surface area (Å²) in [5, 5.41) is 12.0. The molecule has 0 radical (unpaired) electrons. The van der Waals surface area contributed by atoms with Crippen molar-refractivity contribution < 1.29 is 4.52 Å². The Labute approximate surface area is 140 Å². The van der Waals surface area contributed by atoms with E-state index in [1.54, 1.807) is 0 Å². The van der Waals surface area contributed by atoms with Crippen LogP contribution in [0.25, 0.3) is 5.69 Å². The molecule has 6 nitrogen and oxygen atoms in total. The fraction of sp³-hybridized carbons (Fsp3) is 0.389. The molecule has 2 aromatic heterocycles. The summed E-state index contributed by atoms with van der Waals surface area (Å²) in [6.45, 7) is 4.85. The molecule has 3 aromatic rings. The van der Waals surface area contributed by atoms with Crippen molar-refractivity contribution >= 4 is 5.69 Å². The summed E-state index contributed by atoms with van der Waals surface area (Å²) >= 11 is 0. The van der Waals surface area contributed by atoms with E-state index in [0.717, 1.165) is 22.9 Å². The van der Waals surface area contributed by atoms with Crippen molar-refractivity contribution in [3.63, 3.8) is 0 Å². The van der Waals surface area contributed by atoms with Gasteiger partial charge in [0.2, 0.25) is 5.89 Å². The van der Waals surface area contributed by atoms with E-state index in [9.17, 15) is 0 Å². The molecule has 1 saturated carbocycles. The summed E-state index contributed by atoms with van der Waals surface area (Å²) in [5.41, 5.74) is 3.20. The van der Waals surface area contributed by atoms with E-state index >= 15 is 0 Å². The van der Waals surface area contributed by atoms with Crippen molar-refractivity contribution in [2.75, 3.05) is 5.32 Å². The lowest BCUT2D eigenvalue weighted by atomic mass is 10.1. The minimum atomic E-state index is 0.333. The number of hydrogen-bond donors (Lipinski definition) is 1. The third-order valence-corrected chi connectivity index (χ3v) is 4.21.